The second-order valence-corrected chi connectivity index (χ2v) is 2.36. The molecule has 1 N–H and O–H groups in total. The zero-order valence-corrected chi connectivity index (χ0v) is 7.47. The standard InChI is InChI=1S/C10H15NO/c1-4-9(6-7-11-3)10(5-2)8-12/h4-5,8,11H,1-2,6-7H2,3H3/b10-9-. The fourth-order valence-electron chi connectivity index (χ4n) is 0.879. The molecule has 2 heteroatoms. The van der Waals surface area contributed by atoms with Gasteiger partial charge in [-0.25, -0.2) is 0 Å². The number of nitrogens with one attached hydrogen (secondary N) is 1. The minimum atomic E-state index is 0.625. The fourth-order valence-corrected chi connectivity index (χ4v) is 0.879. The lowest BCUT2D eigenvalue weighted by atomic mass is 10.1. The van der Waals surface area contributed by atoms with Gasteiger partial charge in [-0.05, 0) is 25.6 Å². The molecule has 0 unspecified atom stereocenters. The summed E-state index contributed by atoms with van der Waals surface area (Å²) in [6.07, 6.45) is 4.86. The van der Waals surface area contributed by atoms with Crippen molar-refractivity contribution >= 4 is 6.29 Å². The highest BCUT2D eigenvalue weighted by atomic mass is 16.1. The number of aldehydes is 1. The summed E-state index contributed by atoms with van der Waals surface area (Å²) >= 11 is 0. The second-order valence-electron chi connectivity index (χ2n) is 2.36. The molecule has 66 valence electrons. The van der Waals surface area contributed by atoms with Crippen molar-refractivity contribution < 1.29 is 4.79 Å². The summed E-state index contributed by atoms with van der Waals surface area (Å²) < 4.78 is 0. The molecule has 2 nitrogen and oxygen atoms in total. The Balaban J connectivity index is 4.45. The molecule has 0 aliphatic heterocycles. The molecule has 0 aliphatic rings. The topological polar surface area (TPSA) is 29.1 Å². The SMILES string of the molecule is C=C/C(C=O)=C(\C=C)CCNC. The summed E-state index contributed by atoms with van der Waals surface area (Å²) in [5.74, 6) is 0. The van der Waals surface area contributed by atoms with Crippen LogP contribution < -0.4 is 5.32 Å². The van der Waals surface area contributed by atoms with E-state index in [0.717, 1.165) is 24.8 Å². The van der Waals surface area contributed by atoms with Crippen LogP contribution in [0.4, 0.5) is 0 Å². The van der Waals surface area contributed by atoms with E-state index in [2.05, 4.69) is 18.5 Å². The zero-order chi connectivity index (χ0) is 9.40. The summed E-state index contributed by atoms with van der Waals surface area (Å²) in [5.41, 5.74) is 1.56. The lowest BCUT2D eigenvalue weighted by Gasteiger charge is -2.02. The zero-order valence-electron chi connectivity index (χ0n) is 7.47. The maximum absolute atomic E-state index is 10.5. The van der Waals surface area contributed by atoms with E-state index in [4.69, 9.17) is 0 Å². The highest BCUT2D eigenvalue weighted by Gasteiger charge is 1.97. The molecule has 0 rings (SSSR count). The predicted octanol–water partition coefficient (Wildman–Crippen LogP) is 1.46. The van der Waals surface area contributed by atoms with Gasteiger partial charge in [0.1, 0.15) is 6.29 Å². The lowest BCUT2D eigenvalue weighted by Crippen LogP contribution is -2.08. The van der Waals surface area contributed by atoms with Crippen LogP contribution in [0.15, 0.2) is 36.5 Å². The Labute approximate surface area is 73.7 Å². The third-order valence-corrected chi connectivity index (χ3v) is 1.61. The Hall–Kier alpha value is -1.15. The first-order chi connectivity index (χ1) is 5.79. The van der Waals surface area contributed by atoms with Crippen molar-refractivity contribution in [3.63, 3.8) is 0 Å². The molecule has 0 heterocycles. The van der Waals surface area contributed by atoms with Gasteiger partial charge in [0.05, 0.1) is 0 Å². The minimum Gasteiger partial charge on any atom is -0.319 e. The van der Waals surface area contributed by atoms with Gasteiger partial charge in [-0.2, -0.15) is 0 Å². The van der Waals surface area contributed by atoms with Gasteiger partial charge in [-0.3, -0.25) is 4.79 Å². The van der Waals surface area contributed by atoms with Gasteiger partial charge in [-0.1, -0.05) is 25.3 Å². The molecule has 12 heavy (non-hydrogen) atoms. The van der Waals surface area contributed by atoms with Crippen LogP contribution in [0.3, 0.4) is 0 Å². The molecule has 0 saturated carbocycles. The molecule has 0 bridgehead atoms. The quantitative estimate of drug-likeness (QED) is 0.367. The van der Waals surface area contributed by atoms with Crippen LogP contribution in [0, 0.1) is 0 Å². The Morgan fingerprint density at radius 3 is 2.42 bits per heavy atom. The molecule has 0 spiro atoms. The monoisotopic (exact) mass is 165 g/mol. The first-order valence-electron chi connectivity index (χ1n) is 3.88. The Kier molecular flexibility index (Phi) is 5.93. The van der Waals surface area contributed by atoms with E-state index in [0.29, 0.717) is 5.57 Å². The summed E-state index contributed by atoms with van der Waals surface area (Å²) in [6, 6.07) is 0. The molecule has 0 aromatic heterocycles. The van der Waals surface area contributed by atoms with Crippen LogP contribution in [0.5, 0.6) is 0 Å². The van der Waals surface area contributed by atoms with Crippen molar-refractivity contribution in [1.82, 2.24) is 5.32 Å². The highest BCUT2D eigenvalue weighted by molar-refractivity contribution is 5.79. The molecule has 0 saturated heterocycles. The molecule has 0 radical (unpaired) electrons. The molecule has 0 fully saturated rings. The normalized spacial score (nSPS) is 11.8. The molecule has 0 aliphatic carbocycles. The number of rotatable bonds is 6. The first kappa shape index (κ1) is 10.8. The van der Waals surface area contributed by atoms with Gasteiger partial charge >= 0.3 is 0 Å². The fraction of sp³-hybridized carbons (Fsp3) is 0.300. The van der Waals surface area contributed by atoms with Crippen LogP contribution in [0.1, 0.15) is 6.42 Å². The van der Waals surface area contributed by atoms with Gasteiger partial charge in [0.15, 0.2) is 0 Å². The molecule has 0 atom stereocenters. The van der Waals surface area contributed by atoms with Gasteiger partial charge in [0, 0.05) is 5.57 Å². The van der Waals surface area contributed by atoms with Crippen molar-refractivity contribution in [2.75, 3.05) is 13.6 Å². The van der Waals surface area contributed by atoms with E-state index in [1.54, 1.807) is 12.2 Å². The van der Waals surface area contributed by atoms with Crippen LogP contribution in [0.25, 0.3) is 0 Å². The van der Waals surface area contributed by atoms with Crippen LogP contribution in [0.2, 0.25) is 0 Å². The summed E-state index contributed by atoms with van der Waals surface area (Å²) in [6.45, 7) is 8.03. The van der Waals surface area contributed by atoms with Gasteiger partial charge in [0.2, 0.25) is 0 Å². The number of hydrogen-bond donors (Lipinski definition) is 1. The third-order valence-electron chi connectivity index (χ3n) is 1.61. The maximum Gasteiger partial charge on any atom is 0.150 e. The number of carbonyl (C=O) groups is 1. The van der Waals surface area contributed by atoms with Crippen LogP contribution in [-0.2, 0) is 4.79 Å². The third kappa shape index (κ3) is 3.30. The Morgan fingerprint density at radius 1 is 1.42 bits per heavy atom. The van der Waals surface area contributed by atoms with Crippen molar-refractivity contribution in [2.45, 2.75) is 6.42 Å². The average molecular weight is 165 g/mol. The number of allylic oxidation sites excluding steroid dienone is 3. The van der Waals surface area contributed by atoms with Crippen molar-refractivity contribution in [2.24, 2.45) is 0 Å². The molecule has 0 aromatic carbocycles. The van der Waals surface area contributed by atoms with E-state index in [1.165, 1.54) is 0 Å². The van der Waals surface area contributed by atoms with Crippen LogP contribution in [-0.4, -0.2) is 19.9 Å². The van der Waals surface area contributed by atoms with E-state index in [-0.39, 0.29) is 0 Å². The Bertz CT molecular complexity index is 194. The summed E-state index contributed by atoms with van der Waals surface area (Å²) in [5, 5.41) is 3.00. The van der Waals surface area contributed by atoms with Gasteiger partial charge in [0.25, 0.3) is 0 Å². The van der Waals surface area contributed by atoms with Crippen molar-refractivity contribution in [3.8, 4) is 0 Å². The number of hydrogen-bond acceptors (Lipinski definition) is 2. The Morgan fingerprint density at radius 2 is 2.08 bits per heavy atom. The van der Waals surface area contributed by atoms with E-state index >= 15 is 0 Å². The lowest BCUT2D eigenvalue weighted by molar-refractivity contribution is -0.104. The van der Waals surface area contributed by atoms with E-state index in [1.807, 2.05) is 7.05 Å². The summed E-state index contributed by atoms with van der Waals surface area (Å²) in [7, 11) is 1.87. The smallest absolute Gasteiger partial charge is 0.150 e. The van der Waals surface area contributed by atoms with Crippen molar-refractivity contribution in [1.29, 1.82) is 0 Å². The molecular formula is C10H15NO. The van der Waals surface area contributed by atoms with E-state index in [9.17, 15) is 4.79 Å². The second kappa shape index (κ2) is 6.55. The average Bonchev–Trinajstić information content (AvgIpc) is 2.12. The van der Waals surface area contributed by atoms with Gasteiger partial charge < -0.3 is 5.32 Å². The predicted molar refractivity (Wildman–Crippen MR) is 52.0 cm³/mol. The van der Waals surface area contributed by atoms with Crippen LogP contribution >= 0.6 is 0 Å². The van der Waals surface area contributed by atoms with E-state index < -0.39 is 0 Å². The van der Waals surface area contributed by atoms with Crippen molar-refractivity contribution in [3.05, 3.63) is 36.5 Å². The first-order valence-corrected chi connectivity index (χ1v) is 3.88. The highest BCUT2D eigenvalue weighted by Crippen LogP contribution is 2.08. The minimum absolute atomic E-state index is 0.625. The molecular weight excluding hydrogens is 150 g/mol. The molecule has 0 aromatic rings. The largest absolute Gasteiger partial charge is 0.319 e. The number of carbonyl (C=O) groups excluding carboxylic acids is 1. The van der Waals surface area contributed by atoms with Gasteiger partial charge in [-0.15, -0.1) is 0 Å². The molecule has 0 amide bonds. The summed E-state index contributed by atoms with van der Waals surface area (Å²) in [4.78, 5) is 10.5. The maximum atomic E-state index is 10.5.